The van der Waals surface area contributed by atoms with Crippen molar-refractivity contribution in [3.8, 4) is 0 Å². The van der Waals surface area contributed by atoms with Gasteiger partial charge in [-0.2, -0.15) is 0 Å². The Bertz CT molecular complexity index is 1670. The summed E-state index contributed by atoms with van der Waals surface area (Å²) in [5.41, 5.74) is 2.23. The molecule has 2 aliphatic rings. The molecule has 0 saturated carbocycles. The van der Waals surface area contributed by atoms with Crippen molar-refractivity contribution in [2.45, 2.75) is 97.1 Å². The van der Waals surface area contributed by atoms with Gasteiger partial charge in [0.15, 0.2) is 0 Å². The molecule has 12 heteroatoms. The van der Waals surface area contributed by atoms with Gasteiger partial charge in [-0.3, -0.25) is 24.3 Å². The zero-order valence-electron chi connectivity index (χ0n) is 32.0. The van der Waals surface area contributed by atoms with E-state index in [9.17, 15) is 19.2 Å². The summed E-state index contributed by atoms with van der Waals surface area (Å²) in [6.07, 6.45) is 5.71. The van der Waals surface area contributed by atoms with E-state index in [1.165, 1.54) is 0 Å². The summed E-state index contributed by atoms with van der Waals surface area (Å²) in [5.74, 6) is 0.310. The number of carbonyl (C=O) groups is 4. The molecule has 2 aliphatic heterocycles. The molecule has 2 fully saturated rings. The minimum atomic E-state index is -0.620. The van der Waals surface area contributed by atoms with E-state index < -0.39 is 12.1 Å². The number of likely N-dealkylation sites (N-methyl/N-ethyl adjacent to an activating group) is 2. The van der Waals surface area contributed by atoms with Gasteiger partial charge in [-0.1, -0.05) is 94.1 Å². The summed E-state index contributed by atoms with van der Waals surface area (Å²) in [7, 11) is 5.33. The van der Waals surface area contributed by atoms with Crippen LogP contribution in [0.4, 0.5) is 21.0 Å². The van der Waals surface area contributed by atoms with Crippen LogP contribution in [-0.2, 0) is 9.59 Å². The molecule has 10 nitrogen and oxygen atoms in total. The Hall–Kier alpha value is -4.28. The number of benzene rings is 3. The molecular formula is C41H54Cl2N6O4. The molecule has 2 saturated heterocycles. The van der Waals surface area contributed by atoms with Crippen LogP contribution in [0.5, 0.6) is 0 Å². The number of nitrogens with one attached hydrogen (secondary N) is 1. The van der Waals surface area contributed by atoms with Crippen molar-refractivity contribution in [3.63, 3.8) is 0 Å². The number of carbonyl (C=O) groups excluding carboxylic acids is 4. The maximum atomic E-state index is 13.3. The fourth-order valence-corrected chi connectivity index (χ4v) is 7.19. The van der Waals surface area contributed by atoms with Crippen LogP contribution in [0.15, 0.2) is 78.9 Å². The second-order valence-electron chi connectivity index (χ2n) is 14.2. The summed E-state index contributed by atoms with van der Waals surface area (Å²) >= 11 is 11.9. The van der Waals surface area contributed by atoms with Gasteiger partial charge in [0.2, 0.25) is 5.91 Å². The first-order chi connectivity index (χ1) is 25.3. The first kappa shape index (κ1) is 41.5. The van der Waals surface area contributed by atoms with Crippen LogP contribution in [0.3, 0.4) is 0 Å². The predicted octanol–water partition coefficient (Wildman–Crippen LogP) is 9.50. The highest BCUT2D eigenvalue weighted by atomic mass is 35.5. The minimum Gasteiger partial charge on any atom is -0.323 e. The summed E-state index contributed by atoms with van der Waals surface area (Å²) in [5, 5.41) is 4.14. The number of nitrogens with zero attached hydrogens (tertiary/aromatic N) is 5. The molecule has 0 bridgehead atoms. The van der Waals surface area contributed by atoms with E-state index in [-0.39, 0.29) is 36.2 Å². The highest BCUT2D eigenvalue weighted by Gasteiger charge is 2.48. The number of anilines is 2. The molecule has 5 rings (SSSR count). The highest BCUT2D eigenvalue weighted by Crippen LogP contribution is 2.36. The summed E-state index contributed by atoms with van der Waals surface area (Å²) < 4.78 is 0. The molecule has 0 aliphatic carbocycles. The quantitative estimate of drug-likeness (QED) is 0.210. The van der Waals surface area contributed by atoms with Crippen LogP contribution in [0, 0.1) is 5.92 Å². The van der Waals surface area contributed by atoms with Gasteiger partial charge in [0.1, 0.15) is 24.4 Å². The Balaban J connectivity index is 0.000000237. The standard InChI is InChI=1S/C21H24ClN3O2.C20H30ClN3O2/c1-3-4-10-18-24(2)20(26)19(15-8-6-5-7-9-15)25(18)21(27)23-17-13-11-16(22)12-14-17;1-6-7-8-18-23(5)19(25)17(13-14(2)3)24(18)20(26)22(4)16-11-9-15(21)10-12-16/h5-9,11-14,18-19H,3-4,10H2,1-2H3,(H,23,27);9-12,14,17-18H,6-8,13H2,1-5H3. The van der Waals surface area contributed by atoms with Crippen molar-refractivity contribution in [1.29, 1.82) is 0 Å². The molecule has 4 atom stereocenters. The lowest BCUT2D eigenvalue weighted by Gasteiger charge is -2.34. The van der Waals surface area contributed by atoms with Gasteiger partial charge in [0.25, 0.3) is 5.91 Å². The number of halogens is 2. The van der Waals surface area contributed by atoms with Crippen LogP contribution in [-0.4, -0.2) is 83.0 Å². The second kappa shape index (κ2) is 19.2. The fourth-order valence-electron chi connectivity index (χ4n) is 6.93. The molecular weight excluding hydrogens is 711 g/mol. The molecule has 4 unspecified atom stereocenters. The first-order valence-corrected chi connectivity index (χ1v) is 19.3. The molecule has 3 aromatic carbocycles. The summed E-state index contributed by atoms with van der Waals surface area (Å²) in [6, 6.07) is 22.1. The third-order valence-corrected chi connectivity index (χ3v) is 10.4. The van der Waals surface area contributed by atoms with Gasteiger partial charge < -0.3 is 15.1 Å². The van der Waals surface area contributed by atoms with Gasteiger partial charge >= 0.3 is 12.1 Å². The topological polar surface area (TPSA) is 96.5 Å². The molecule has 286 valence electrons. The lowest BCUT2D eigenvalue weighted by atomic mass is 10.0. The van der Waals surface area contributed by atoms with Crippen LogP contribution in [0.1, 0.15) is 84.2 Å². The van der Waals surface area contributed by atoms with E-state index in [4.69, 9.17) is 23.2 Å². The second-order valence-corrected chi connectivity index (χ2v) is 15.0. The largest absolute Gasteiger partial charge is 0.326 e. The van der Waals surface area contributed by atoms with Crippen molar-refractivity contribution in [2.24, 2.45) is 5.92 Å². The van der Waals surface area contributed by atoms with E-state index in [0.29, 0.717) is 28.1 Å². The molecule has 6 amide bonds. The maximum Gasteiger partial charge on any atom is 0.326 e. The smallest absolute Gasteiger partial charge is 0.323 e. The van der Waals surface area contributed by atoms with Crippen LogP contribution in [0.25, 0.3) is 0 Å². The van der Waals surface area contributed by atoms with Crippen LogP contribution < -0.4 is 10.2 Å². The van der Waals surface area contributed by atoms with Gasteiger partial charge in [0.05, 0.1) is 0 Å². The summed E-state index contributed by atoms with van der Waals surface area (Å²) in [6.45, 7) is 8.38. The third-order valence-electron chi connectivity index (χ3n) is 9.86. The van der Waals surface area contributed by atoms with E-state index in [2.05, 4.69) is 33.0 Å². The zero-order valence-corrected chi connectivity index (χ0v) is 33.5. The van der Waals surface area contributed by atoms with Crippen molar-refractivity contribution >= 4 is 58.5 Å². The van der Waals surface area contributed by atoms with E-state index >= 15 is 0 Å². The van der Waals surface area contributed by atoms with Crippen molar-refractivity contribution < 1.29 is 19.2 Å². The number of hydrogen-bond donors (Lipinski definition) is 1. The maximum absolute atomic E-state index is 13.3. The minimum absolute atomic E-state index is 0.0395. The van der Waals surface area contributed by atoms with Crippen LogP contribution in [0.2, 0.25) is 10.0 Å². The number of amides is 6. The van der Waals surface area contributed by atoms with Gasteiger partial charge in [-0.25, -0.2) is 9.59 Å². The number of hydrogen-bond acceptors (Lipinski definition) is 4. The normalized spacial score (nSPS) is 19.8. The lowest BCUT2D eigenvalue weighted by Crippen LogP contribution is -2.50. The Morgan fingerprint density at radius 1 is 0.755 bits per heavy atom. The average molecular weight is 766 g/mol. The first-order valence-electron chi connectivity index (χ1n) is 18.5. The van der Waals surface area contributed by atoms with Crippen molar-refractivity contribution in [3.05, 3.63) is 94.5 Å². The molecule has 53 heavy (non-hydrogen) atoms. The summed E-state index contributed by atoms with van der Waals surface area (Å²) in [4.78, 5) is 60.8. The molecule has 0 aromatic heterocycles. The SMILES string of the molecule is CCCCC1N(C)C(=O)C(CC(C)C)N1C(=O)N(C)c1ccc(Cl)cc1.CCCCC1N(C)C(=O)C(c2ccccc2)N1C(=O)Nc1ccc(Cl)cc1. The van der Waals surface area contributed by atoms with Gasteiger partial charge in [-0.05, 0) is 92.1 Å². The van der Waals surface area contributed by atoms with E-state index in [1.54, 1.807) is 75.0 Å². The third kappa shape index (κ3) is 10.0. The zero-order chi connectivity index (χ0) is 38.8. The number of rotatable bonds is 11. The number of unbranched alkanes of at least 4 members (excludes halogenated alkanes) is 2. The Morgan fingerprint density at radius 2 is 1.26 bits per heavy atom. The average Bonchev–Trinajstić information content (AvgIpc) is 3.54. The van der Waals surface area contributed by atoms with Crippen LogP contribution >= 0.6 is 23.2 Å². The van der Waals surface area contributed by atoms with Crippen molar-refractivity contribution in [1.82, 2.24) is 19.6 Å². The monoisotopic (exact) mass is 764 g/mol. The Morgan fingerprint density at radius 3 is 1.79 bits per heavy atom. The lowest BCUT2D eigenvalue weighted by molar-refractivity contribution is -0.129. The van der Waals surface area contributed by atoms with E-state index in [0.717, 1.165) is 49.8 Å². The molecule has 0 spiro atoms. The number of urea groups is 2. The predicted molar refractivity (Wildman–Crippen MR) is 214 cm³/mol. The molecule has 3 aromatic rings. The molecule has 0 radical (unpaired) electrons. The van der Waals surface area contributed by atoms with E-state index in [1.807, 2.05) is 49.5 Å². The van der Waals surface area contributed by atoms with Gasteiger partial charge in [0, 0.05) is 42.6 Å². The Kier molecular flexibility index (Phi) is 15.0. The van der Waals surface area contributed by atoms with Crippen molar-refractivity contribution in [2.75, 3.05) is 31.4 Å². The molecule has 1 N–H and O–H groups in total. The Labute approximate surface area is 325 Å². The highest BCUT2D eigenvalue weighted by molar-refractivity contribution is 6.31. The van der Waals surface area contributed by atoms with Gasteiger partial charge in [-0.15, -0.1) is 0 Å². The molecule has 2 heterocycles. The fraction of sp³-hybridized carbons (Fsp3) is 0.463.